The molecule has 1 aliphatic heterocycles. The minimum atomic E-state index is -4.55. The number of aryl methyl sites for hydroxylation is 2. The molecule has 1 amide bonds. The first kappa shape index (κ1) is 29.9. The van der Waals surface area contributed by atoms with Gasteiger partial charge in [0.25, 0.3) is 5.91 Å². The Balaban J connectivity index is 1.73. The van der Waals surface area contributed by atoms with Gasteiger partial charge in [0.05, 0.1) is 31.2 Å². The van der Waals surface area contributed by atoms with Crippen LogP contribution in [-0.2, 0) is 6.18 Å². The molecule has 1 aliphatic rings. The summed E-state index contributed by atoms with van der Waals surface area (Å²) in [5.41, 5.74) is 8.10. The third-order valence-corrected chi connectivity index (χ3v) is 9.44. The lowest BCUT2D eigenvalue weighted by Gasteiger charge is -2.36. The molecule has 1 saturated heterocycles. The minimum absolute atomic E-state index is 0.142. The molecule has 0 atom stereocenters. The number of hydrogen-bond donors (Lipinski definition) is 1. The van der Waals surface area contributed by atoms with E-state index in [0.29, 0.717) is 50.8 Å². The van der Waals surface area contributed by atoms with Crippen LogP contribution in [0.25, 0.3) is 27.5 Å². The van der Waals surface area contributed by atoms with Gasteiger partial charge in [-0.25, -0.2) is 4.98 Å². The van der Waals surface area contributed by atoms with E-state index in [9.17, 15) is 18.0 Å². The number of halogens is 5. The van der Waals surface area contributed by atoms with Gasteiger partial charge >= 0.3 is 6.18 Å². The molecule has 0 aliphatic carbocycles. The molecule has 2 aromatic heterocycles. The summed E-state index contributed by atoms with van der Waals surface area (Å²) < 4.78 is 43.6. The van der Waals surface area contributed by atoms with Crippen LogP contribution in [0.4, 0.5) is 13.2 Å². The number of nitrogens with zero attached hydrogens (tertiary/aromatic N) is 4. The number of thiazole rings is 1. The van der Waals surface area contributed by atoms with E-state index in [1.54, 1.807) is 48.7 Å². The van der Waals surface area contributed by atoms with Gasteiger partial charge in [0.2, 0.25) is 5.13 Å². The highest BCUT2D eigenvalue weighted by Gasteiger charge is 2.36. The average Bonchev–Trinajstić information content (AvgIpc) is 3.42. The number of carbonyl (C=O) groups excluding carboxylic acids is 1. The zero-order valence-corrected chi connectivity index (χ0v) is 25.7. The lowest BCUT2D eigenvalue weighted by molar-refractivity contribution is -0.137. The Morgan fingerprint density at radius 2 is 1.80 bits per heavy atom. The molecule has 41 heavy (non-hydrogen) atoms. The van der Waals surface area contributed by atoms with Gasteiger partial charge in [0.1, 0.15) is 5.69 Å². The maximum absolute atomic E-state index is 13.9. The van der Waals surface area contributed by atoms with Gasteiger partial charge in [-0.2, -0.15) is 23.0 Å². The molecule has 0 spiro atoms. The number of aromatic nitrogens is 3. The minimum Gasteiger partial charge on any atom is -0.334 e. The Labute approximate surface area is 253 Å². The van der Waals surface area contributed by atoms with Gasteiger partial charge in [0, 0.05) is 35.5 Å². The fraction of sp³-hybridized carbons (Fsp3) is 0.321. The van der Waals surface area contributed by atoms with Crippen molar-refractivity contribution in [3.8, 4) is 27.5 Å². The summed E-state index contributed by atoms with van der Waals surface area (Å²) in [6, 6.07) is 8.84. The zero-order valence-electron chi connectivity index (χ0n) is 22.5. The van der Waals surface area contributed by atoms with Crippen LogP contribution in [0, 0.1) is 13.8 Å². The Morgan fingerprint density at radius 3 is 2.41 bits per heavy atom. The summed E-state index contributed by atoms with van der Waals surface area (Å²) in [6.07, 6.45) is -4.55. The number of likely N-dealkylation sites (tertiary alicyclic amines) is 1. The van der Waals surface area contributed by atoms with Crippen LogP contribution < -0.4 is 5.73 Å². The maximum atomic E-state index is 13.9. The summed E-state index contributed by atoms with van der Waals surface area (Å²) in [7, 11) is 0. The van der Waals surface area contributed by atoms with E-state index in [0.717, 1.165) is 21.9 Å². The highest BCUT2D eigenvalue weighted by molar-refractivity contribution is 8.01. The molecular formula is C28H26Cl2F3N5OS2. The SMILES string of the molecule is Cc1cc(-c2c(C)nn(-c3nc(-c4ccc(Cl)c(Cl)c4)c(SC(C)C)s3)c2C(=O)N2CC(N)C2)cc(C(F)(F)F)c1. The summed E-state index contributed by atoms with van der Waals surface area (Å²) in [4.78, 5) is 20.3. The van der Waals surface area contributed by atoms with Gasteiger partial charge in [-0.15, -0.1) is 11.8 Å². The third-order valence-electron chi connectivity index (χ3n) is 6.46. The van der Waals surface area contributed by atoms with Gasteiger partial charge in [-0.05, 0) is 49.2 Å². The number of carbonyl (C=O) groups is 1. The second kappa shape index (κ2) is 11.3. The quantitative estimate of drug-likeness (QED) is 0.217. The van der Waals surface area contributed by atoms with E-state index in [1.165, 1.54) is 16.0 Å². The van der Waals surface area contributed by atoms with Crippen molar-refractivity contribution >= 4 is 52.2 Å². The molecular weight excluding hydrogens is 614 g/mol. The molecule has 0 unspecified atom stereocenters. The molecule has 2 N–H and O–H groups in total. The van der Waals surface area contributed by atoms with Crippen molar-refractivity contribution in [2.24, 2.45) is 5.73 Å². The predicted octanol–water partition coefficient (Wildman–Crippen LogP) is 7.89. The van der Waals surface area contributed by atoms with Crippen LogP contribution in [0.1, 0.15) is 41.2 Å². The topological polar surface area (TPSA) is 77.0 Å². The van der Waals surface area contributed by atoms with Crippen molar-refractivity contribution in [1.29, 1.82) is 0 Å². The molecule has 1 fully saturated rings. The molecule has 3 heterocycles. The van der Waals surface area contributed by atoms with Crippen LogP contribution in [0.3, 0.4) is 0 Å². The van der Waals surface area contributed by atoms with Crippen LogP contribution in [0.15, 0.2) is 40.6 Å². The smallest absolute Gasteiger partial charge is 0.334 e. The molecule has 6 nitrogen and oxygen atoms in total. The lowest BCUT2D eigenvalue weighted by Crippen LogP contribution is -2.58. The first-order valence-electron chi connectivity index (χ1n) is 12.7. The van der Waals surface area contributed by atoms with Crippen molar-refractivity contribution in [3.05, 3.63) is 69.0 Å². The van der Waals surface area contributed by atoms with E-state index in [-0.39, 0.29) is 28.5 Å². The van der Waals surface area contributed by atoms with E-state index in [1.807, 2.05) is 6.07 Å². The van der Waals surface area contributed by atoms with E-state index in [4.69, 9.17) is 33.9 Å². The van der Waals surface area contributed by atoms with Gasteiger partial charge in [-0.3, -0.25) is 4.79 Å². The van der Waals surface area contributed by atoms with Gasteiger partial charge in [-0.1, -0.05) is 60.5 Å². The van der Waals surface area contributed by atoms with Crippen molar-refractivity contribution < 1.29 is 18.0 Å². The van der Waals surface area contributed by atoms with E-state index >= 15 is 0 Å². The number of benzene rings is 2. The number of alkyl halides is 3. The molecule has 5 rings (SSSR count). The van der Waals surface area contributed by atoms with Crippen molar-refractivity contribution in [1.82, 2.24) is 19.7 Å². The average molecular weight is 641 g/mol. The maximum Gasteiger partial charge on any atom is 0.416 e. The highest BCUT2D eigenvalue weighted by Crippen LogP contribution is 2.43. The number of amides is 1. The monoisotopic (exact) mass is 639 g/mol. The fourth-order valence-electron chi connectivity index (χ4n) is 4.63. The van der Waals surface area contributed by atoms with Crippen LogP contribution in [0.2, 0.25) is 10.0 Å². The Kier molecular flexibility index (Phi) is 8.21. The van der Waals surface area contributed by atoms with E-state index in [2.05, 4.69) is 18.9 Å². The molecule has 13 heteroatoms. The molecule has 0 saturated carbocycles. The lowest BCUT2D eigenvalue weighted by atomic mass is 9.97. The highest BCUT2D eigenvalue weighted by atomic mass is 35.5. The molecule has 4 aromatic rings. The summed E-state index contributed by atoms with van der Waals surface area (Å²) in [5, 5.41) is 6.08. The number of thioether (sulfide) groups is 1. The second-order valence-corrected chi connectivity index (χ2v) is 13.8. The fourth-order valence-corrected chi connectivity index (χ4v) is 7.41. The summed E-state index contributed by atoms with van der Waals surface area (Å²) >= 11 is 15.4. The van der Waals surface area contributed by atoms with Gasteiger partial charge < -0.3 is 10.6 Å². The summed E-state index contributed by atoms with van der Waals surface area (Å²) in [5.74, 6) is -0.373. The summed E-state index contributed by atoms with van der Waals surface area (Å²) in [6.45, 7) is 8.05. The molecule has 2 aromatic carbocycles. The standard InChI is InChI=1S/C28H26Cl2F3N5OS2/c1-13(2)40-26-23(16-5-6-20(29)21(30)10-16)35-27(41-26)38-24(25(39)37-11-19(34)12-37)22(15(4)36-38)17-7-14(3)8-18(9-17)28(31,32)33/h5-10,13,19H,11-12,34H2,1-4H3. The first-order chi connectivity index (χ1) is 19.2. The van der Waals surface area contributed by atoms with Crippen LogP contribution >= 0.6 is 46.3 Å². The molecule has 0 bridgehead atoms. The van der Waals surface area contributed by atoms with E-state index < -0.39 is 11.7 Å². The largest absolute Gasteiger partial charge is 0.416 e. The van der Waals surface area contributed by atoms with Crippen molar-refractivity contribution in [3.63, 3.8) is 0 Å². The first-order valence-corrected chi connectivity index (χ1v) is 15.1. The molecule has 0 radical (unpaired) electrons. The van der Waals surface area contributed by atoms with Gasteiger partial charge in [0.15, 0.2) is 0 Å². The Bertz CT molecular complexity index is 1640. The number of nitrogens with two attached hydrogens (primary N) is 1. The zero-order chi connectivity index (χ0) is 29.8. The molecule has 216 valence electrons. The normalized spacial score (nSPS) is 14.2. The Hall–Kier alpha value is -2.57. The second-order valence-electron chi connectivity index (χ2n) is 10.2. The van der Waals surface area contributed by atoms with Crippen LogP contribution in [0.5, 0.6) is 0 Å². The third kappa shape index (κ3) is 6.01. The van der Waals surface area contributed by atoms with Crippen molar-refractivity contribution in [2.45, 2.75) is 49.4 Å². The number of hydrogen-bond acceptors (Lipinski definition) is 6. The Morgan fingerprint density at radius 1 is 1.10 bits per heavy atom. The van der Waals surface area contributed by atoms with Crippen molar-refractivity contribution in [2.75, 3.05) is 13.1 Å². The van der Waals surface area contributed by atoms with Crippen LogP contribution in [-0.4, -0.2) is 50.0 Å². The number of rotatable bonds is 6. The predicted molar refractivity (Wildman–Crippen MR) is 159 cm³/mol.